The topological polar surface area (TPSA) is 177 Å². The molecular weight excluding hydrogens is 601 g/mol. The van der Waals surface area contributed by atoms with E-state index in [1.807, 2.05) is 6.26 Å². The van der Waals surface area contributed by atoms with Gasteiger partial charge < -0.3 is 49.9 Å². The number of nitrogens with two attached hydrogens (primary N) is 1. The van der Waals surface area contributed by atoms with E-state index >= 15 is 0 Å². The second kappa shape index (κ2) is 22.0. The van der Waals surface area contributed by atoms with Gasteiger partial charge in [0.25, 0.3) is 13.2 Å². The molecule has 2 rings (SSSR count). The second-order valence-electron chi connectivity index (χ2n) is 8.73. The fraction of sp³-hybridized carbons (Fsp3) is 0.593. The van der Waals surface area contributed by atoms with Crippen molar-refractivity contribution < 1.29 is 47.9 Å². The van der Waals surface area contributed by atoms with Gasteiger partial charge in [0.2, 0.25) is 5.91 Å². The summed E-state index contributed by atoms with van der Waals surface area (Å²) in [5.74, 6) is 5.58. The number of rotatable bonds is 19. The number of ether oxygens (including phenoxy) is 6. The number of amides is 2. The van der Waals surface area contributed by atoms with Crippen molar-refractivity contribution in [3.63, 3.8) is 0 Å². The Morgan fingerprint density at radius 3 is 2.86 bits per heavy atom. The summed E-state index contributed by atoms with van der Waals surface area (Å²) in [5.41, 5.74) is 5.61. The van der Waals surface area contributed by atoms with E-state index in [4.69, 9.17) is 34.2 Å². The molecule has 2 amide bonds. The normalized spacial score (nSPS) is 18.1. The Hall–Kier alpha value is -2.65. The van der Waals surface area contributed by atoms with Gasteiger partial charge in [-0.05, 0) is 31.4 Å². The lowest BCUT2D eigenvalue weighted by molar-refractivity contribution is -0.126. The van der Waals surface area contributed by atoms with E-state index in [1.165, 1.54) is 21.6 Å². The summed E-state index contributed by atoms with van der Waals surface area (Å²) in [6, 6.07) is 6.43. The summed E-state index contributed by atoms with van der Waals surface area (Å²) in [5, 5.41) is 14.8. The lowest BCUT2D eigenvalue weighted by Crippen LogP contribution is -2.30. The van der Waals surface area contributed by atoms with Gasteiger partial charge in [0.1, 0.15) is 36.6 Å². The van der Waals surface area contributed by atoms with Gasteiger partial charge in [-0.25, -0.2) is 4.79 Å². The third-order valence-corrected chi connectivity index (χ3v) is 7.44. The summed E-state index contributed by atoms with van der Waals surface area (Å²) >= 11 is 0. The maximum absolute atomic E-state index is 12.1. The van der Waals surface area contributed by atoms with Crippen LogP contribution in [0.1, 0.15) is 23.7 Å². The van der Waals surface area contributed by atoms with Gasteiger partial charge in [-0.2, -0.15) is 5.82 Å². The zero-order valence-electron chi connectivity index (χ0n) is 24.3. The molecule has 237 valence electrons. The van der Waals surface area contributed by atoms with E-state index in [-0.39, 0.29) is 63.4 Å². The number of nitrogens with one attached hydrogen (secondary N) is 2. The Labute approximate surface area is 260 Å². The van der Waals surface area contributed by atoms with E-state index in [0.717, 1.165) is 0 Å². The number of aliphatic hydroxyl groups excluding tert-OH is 1. The molecule has 13 nitrogen and oxygen atoms in total. The average molecular weight is 641 g/mol. The molecule has 16 heteroatoms. The highest BCUT2D eigenvalue weighted by Gasteiger charge is 2.37. The summed E-state index contributed by atoms with van der Waals surface area (Å²) in [7, 11) is 4.60. The fourth-order valence-corrected chi connectivity index (χ4v) is 5.07. The number of hydrogen-bond acceptors (Lipinski definition) is 13. The standard InChI is InChI=1S/C27H39BN3O10S2/c1-3-37-27(35)41-21-15-23(40-22(21)16-32)28-8-5-10-30-24(33)17-36-12-13-38-25(43-42-2)18-39-20-7-4-6-19(14-20)26(34)31-11-9-29/h4,6-7,14,21-23,25,32H,3,9-13,15-18,29H2,1-2H3,(H,30,33)(H,31,34)/t21-,22?,23-,25?/m1/s1. The molecule has 0 bridgehead atoms. The monoisotopic (exact) mass is 640 g/mol. The highest BCUT2D eigenvalue weighted by Crippen LogP contribution is 2.26. The lowest BCUT2D eigenvalue weighted by atomic mass is 9.71. The second-order valence-corrected chi connectivity index (χ2v) is 11.4. The molecule has 1 aliphatic heterocycles. The zero-order valence-corrected chi connectivity index (χ0v) is 25.9. The molecule has 5 N–H and O–H groups in total. The van der Waals surface area contributed by atoms with Crippen LogP contribution in [-0.2, 0) is 28.5 Å². The molecule has 0 spiro atoms. The molecule has 1 fully saturated rings. The van der Waals surface area contributed by atoms with E-state index in [1.54, 1.807) is 38.5 Å². The average Bonchev–Trinajstić information content (AvgIpc) is 3.39. The van der Waals surface area contributed by atoms with Gasteiger partial charge in [-0.1, -0.05) is 33.6 Å². The minimum atomic E-state index is -0.810. The minimum Gasteiger partial charge on any atom is -0.490 e. The maximum Gasteiger partial charge on any atom is 0.508 e. The van der Waals surface area contributed by atoms with Crippen molar-refractivity contribution in [2.45, 2.75) is 37.0 Å². The number of benzene rings is 1. The van der Waals surface area contributed by atoms with Crippen LogP contribution >= 0.6 is 21.6 Å². The Bertz CT molecular complexity index is 1060. The lowest BCUT2D eigenvalue weighted by Gasteiger charge is -2.17. The number of carbonyl (C=O) groups excluding carboxylic acids is 3. The first-order valence-electron chi connectivity index (χ1n) is 13.7. The van der Waals surface area contributed by atoms with Gasteiger partial charge in [-0.3, -0.25) is 9.59 Å². The summed E-state index contributed by atoms with van der Waals surface area (Å²) in [4.78, 5) is 35.7. The molecule has 1 radical (unpaired) electrons. The van der Waals surface area contributed by atoms with Crippen LogP contribution in [-0.4, -0.2) is 120 Å². The summed E-state index contributed by atoms with van der Waals surface area (Å²) < 4.78 is 32.5. The van der Waals surface area contributed by atoms with Crippen LogP contribution in [0.5, 0.6) is 5.75 Å². The van der Waals surface area contributed by atoms with E-state index in [2.05, 4.69) is 22.4 Å². The van der Waals surface area contributed by atoms with Crippen LogP contribution in [0, 0.1) is 11.7 Å². The number of aliphatic hydroxyl groups is 1. The minimum absolute atomic E-state index is 0.105. The molecule has 43 heavy (non-hydrogen) atoms. The smallest absolute Gasteiger partial charge is 0.490 e. The molecule has 1 aromatic rings. The third kappa shape index (κ3) is 15.1. The molecule has 1 heterocycles. The van der Waals surface area contributed by atoms with Crippen LogP contribution in [0.15, 0.2) is 24.3 Å². The Morgan fingerprint density at radius 1 is 1.28 bits per heavy atom. The fourth-order valence-electron chi connectivity index (χ4n) is 3.61. The first kappa shape index (κ1) is 36.5. The van der Waals surface area contributed by atoms with Gasteiger partial charge in [-0.15, -0.1) is 0 Å². The van der Waals surface area contributed by atoms with Crippen molar-refractivity contribution in [2.24, 2.45) is 5.73 Å². The zero-order chi connectivity index (χ0) is 31.3. The summed E-state index contributed by atoms with van der Waals surface area (Å²) in [6.07, 6.45) is 0.164. The largest absolute Gasteiger partial charge is 0.508 e. The molecule has 1 aromatic carbocycles. The first-order valence-corrected chi connectivity index (χ1v) is 16.3. The Kier molecular flexibility index (Phi) is 18.7. The predicted octanol–water partition coefficient (Wildman–Crippen LogP) is 0.555. The number of hydrogen-bond donors (Lipinski definition) is 4. The molecule has 0 aliphatic carbocycles. The highest BCUT2D eigenvalue weighted by molar-refractivity contribution is 8.76. The Morgan fingerprint density at radius 2 is 2.12 bits per heavy atom. The molecule has 0 saturated carbocycles. The van der Waals surface area contributed by atoms with Crippen molar-refractivity contribution in [3.05, 3.63) is 29.8 Å². The van der Waals surface area contributed by atoms with Crippen molar-refractivity contribution in [1.82, 2.24) is 10.6 Å². The molecule has 4 atom stereocenters. The predicted molar refractivity (Wildman–Crippen MR) is 164 cm³/mol. The number of carbonyl (C=O) groups is 3. The van der Waals surface area contributed by atoms with Crippen molar-refractivity contribution in [3.8, 4) is 17.5 Å². The van der Waals surface area contributed by atoms with Gasteiger partial charge in [0.15, 0.2) is 0 Å². The Balaban J connectivity index is 1.60. The van der Waals surface area contributed by atoms with Crippen LogP contribution in [0.2, 0.25) is 0 Å². The molecule has 0 aromatic heterocycles. The van der Waals surface area contributed by atoms with Crippen LogP contribution in [0.25, 0.3) is 0 Å². The quantitative estimate of drug-likeness (QED) is 0.0412. The van der Waals surface area contributed by atoms with Gasteiger partial charge >= 0.3 is 6.16 Å². The molecule has 2 unspecified atom stereocenters. The van der Waals surface area contributed by atoms with Crippen molar-refractivity contribution in [1.29, 1.82) is 0 Å². The third-order valence-electron chi connectivity index (χ3n) is 5.54. The van der Waals surface area contributed by atoms with Gasteiger partial charge in [0, 0.05) is 31.1 Å². The van der Waals surface area contributed by atoms with Crippen LogP contribution in [0.4, 0.5) is 4.79 Å². The maximum atomic E-state index is 12.1. The highest BCUT2D eigenvalue weighted by atomic mass is 33.1. The van der Waals surface area contributed by atoms with E-state index < -0.39 is 24.4 Å². The molecule has 1 aliphatic rings. The van der Waals surface area contributed by atoms with E-state index in [9.17, 15) is 19.5 Å². The van der Waals surface area contributed by atoms with Crippen LogP contribution in [0.3, 0.4) is 0 Å². The van der Waals surface area contributed by atoms with E-state index in [0.29, 0.717) is 30.8 Å². The molecule has 1 saturated heterocycles. The molecular formula is C27H39BN3O10S2. The summed E-state index contributed by atoms with van der Waals surface area (Å²) in [6.45, 7) is 2.96. The van der Waals surface area contributed by atoms with Crippen molar-refractivity contribution >= 4 is 46.8 Å². The van der Waals surface area contributed by atoms with Gasteiger partial charge in [0.05, 0.1) is 33.0 Å². The first-order chi connectivity index (χ1) is 20.9. The SMILES string of the molecule is CCOC(=O)O[C@@H]1C[C@H]([B]C#CCNC(=O)COCCOC(COc2cccc(C(=O)NCCN)c2)SSC)OC1CO. The van der Waals surface area contributed by atoms with Crippen LogP contribution < -0.4 is 21.1 Å². The van der Waals surface area contributed by atoms with Crippen molar-refractivity contribution in [2.75, 3.05) is 65.5 Å².